The maximum absolute atomic E-state index is 9.94. The van der Waals surface area contributed by atoms with E-state index in [1.165, 1.54) is 0 Å². The first-order valence-corrected chi connectivity index (χ1v) is 9.65. The van der Waals surface area contributed by atoms with E-state index < -0.39 is 7.05 Å². The van der Waals surface area contributed by atoms with Crippen LogP contribution in [0.3, 0.4) is 0 Å². The average Bonchev–Trinajstić information content (AvgIpc) is 3.33. The largest absolute Gasteiger partial charge is 0.437 e. The summed E-state index contributed by atoms with van der Waals surface area (Å²) in [7, 11) is -0.401. The van der Waals surface area contributed by atoms with Gasteiger partial charge in [-0.1, -0.05) is 11.6 Å². The molecule has 5 rings (SSSR count). The summed E-state index contributed by atoms with van der Waals surface area (Å²) in [5.74, 6) is 0.943. The molecule has 1 aromatic carbocycles. The standard InChI is InChI=1S/C16H17BBrClN4O2/c1-17(24)23-4-8-2-9(23)3-22(8)16-12-10-5-25-6-11(10)13(18)14(19)15(12)20-7-21-16/h7-9,24H,2-6H2,1H3/t8-,9-/m1/s1. The van der Waals surface area contributed by atoms with Gasteiger partial charge in [0.1, 0.15) is 12.1 Å². The second kappa shape index (κ2) is 5.79. The minimum atomic E-state index is -0.401. The zero-order valence-electron chi connectivity index (χ0n) is 13.7. The molecule has 0 spiro atoms. The van der Waals surface area contributed by atoms with Gasteiger partial charge >= 0.3 is 7.05 Å². The van der Waals surface area contributed by atoms with Crippen LogP contribution in [0.25, 0.3) is 10.9 Å². The second-order valence-corrected chi connectivity index (χ2v) is 8.19. The zero-order chi connectivity index (χ0) is 17.3. The van der Waals surface area contributed by atoms with Crippen LogP contribution in [0, 0.1) is 0 Å². The molecule has 3 aliphatic rings. The lowest BCUT2D eigenvalue weighted by Crippen LogP contribution is -2.51. The summed E-state index contributed by atoms with van der Waals surface area (Å²) in [6.07, 6.45) is 2.65. The lowest BCUT2D eigenvalue weighted by molar-refractivity contribution is 0.134. The number of hydrogen-bond acceptors (Lipinski definition) is 6. The summed E-state index contributed by atoms with van der Waals surface area (Å²) < 4.78 is 6.56. The fraction of sp³-hybridized carbons (Fsp3) is 0.500. The molecule has 6 nitrogen and oxygen atoms in total. The molecule has 2 bridgehead atoms. The highest BCUT2D eigenvalue weighted by Crippen LogP contribution is 2.44. The van der Waals surface area contributed by atoms with Crippen LogP contribution in [0.2, 0.25) is 11.8 Å². The van der Waals surface area contributed by atoms with Gasteiger partial charge in [-0.3, -0.25) is 0 Å². The summed E-state index contributed by atoms with van der Waals surface area (Å²) in [6, 6.07) is 0.725. The molecule has 0 amide bonds. The summed E-state index contributed by atoms with van der Waals surface area (Å²) in [5.41, 5.74) is 3.01. The van der Waals surface area contributed by atoms with Crippen molar-refractivity contribution in [3.05, 3.63) is 26.9 Å². The highest BCUT2D eigenvalue weighted by Gasteiger charge is 2.46. The molecule has 1 aromatic heterocycles. The Bertz CT molecular complexity index is 883. The molecule has 1 N–H and O–H groups in total. The van der Waals surface area contributed by atoms with Gasteiger partial charge in [0.05, 0.1) is 29.1 Å². The molecule has 130 valence electrons. The SMILES string of the molecule is CB(O)N1C[C@H]2C[C@@H]1CN2c1ncnc2c(Cl)c(Br)c3c(c12)COC3. The molecule has 0 aliphatic carbocycles. The van der Waals surface area contributed by atoms with Gasteiger partial charge in [-0.15, -0.1) is 0 Å². The summed E-state index contributed by atoms with van der Waals surface area (Å²) in [6.45, 7) is 4.68. The number of benzene rings is 1. The highest BCUT2D eigenvalue weighted by atomic mass is 79.9. The molecule has 2 atom stereocenters. The number of aromatic nitrogens is 2. The Labute approximate surface area is 159 Å². The van der Waals surface area contributed by atoms with Gasteiger partial charge in [0.25, 0.3) is 0 Å². The molecule has 0 unspecified atom stereocenters. The molecule has 0 radical (unpaired) electrons. The van der Waals surface area contributed by atoms with Crippen LogP contribution in [0.5, 0.6) is 0 Å². The molecule has 4 heterocycles. The maximum atomic E-state index is 9.94. The van der Waals surface area contributed by atoms with E-state index in [9.17, 15) is 5.02 Å². The fourth-order valence-corrected chi connectivity index (χ4v) is 5.34. The van der Waals surface area contributed by atoms with E-state index in [4.69, 9.17) is 16.3 Å². The quantitative estimate of drug-likeness (QED) is 0.749. The maximum Gasteiger partial charge on any atom is 0.376 e. The first-order valence-electron chi connectivity index (χ1n) is 8.48. The van der Waals surface area contributed by atoms with Gasteiger partial charge in [-0.05, 0) is 40.3 Å². The van der Waals surface area contributed by atoms with Crippen molar-refractivity contribution in [3.63, 3.8) is 0 Å². The molecule has 25 heavy (non-hydrogen) atoms. The van der Waals surface area contributed by atoms with Crippen molar-refractivity contribution in [2.75, 3.05) is 18.0 Å². The predicted octanol–water partition coefficient (Wildman–Crippen LogP) is 2.45. The number of halogens is 2. The van der Waals surface area contributed by atoms with Gasteiger partial charge in [0.2, 0.25) is 0 Å². The molecule has 2 aromatic rings. The van der Waals surface area contributed by atoms with Crippen molar-refractivity contribution >= 4 is 51.3 Å². The van der Waals surface area contributed by atoms with Crippen molar-refractivity contribution in [2.45, 2.75) is 38.5 Å². The number of ether oxygens (including phenoxy) is 1. The van der Waals surface area contributed by atoms with Crippen LogP contribution in [0.4, 0.5) is 5.82 Å². The van der Waals surface area contributed by atoms with E-state index in [1.54, 1.807) is 6.33 Å². The number of fused-ring (bicyclic) bond motifs is 5. The van der Waals surface area contributed by atoms with Gasteiger partial charge in [0.15, 0.2) is 0 Å². The monoisotopic (exact) mass is 422 g/mol. The van der Waals surface area contributed by atoms with E-state index in [-0.39, 0.29) is 0 Å². The van der Waals surface area contributed by atoms with Crippen LogP contribution < -0.4 is 4.90 Å². The van der Waals surface area contributed by atoms with Crippen molar-refractivity contribution in [1.29, 1.82) is 0 Å². The van der Waals surface area contributed by atoms with Crippen molar-refractivity contribution in [2.24, 2.45) is 0 Å². The molecule has 2 saturated heterocycles. The molecule has 9 heteroatoms. The van der Waals surface area contributed by atoms with E-state index >= 15 is 0 Å². The third kappa shape index (κ3) is 2.28. The van der Waals surface area contributed by atoms with Crippen molar-refractivity contribution < 1.29 is 9.76 Å². The number of rotatable bonds is 2. The van der Waals surface area contributed by atoms with Crippen LogP contribution in [0.1, 0.15) is 17.5 Å². The van der Waals surface area contributed by atoms with Crippen molar-refractivity contribution in [1.82, 2.24) is 14.8 Å². The number of nitrogens with zero attached hydrogens (tertiary/aromatic N) is 4. The first kappa shape index (κ1) is 16.3. The second-order valence-electron chi connectivity index (χ2n) is 7.02. The summed E-state index contributed by atoms with van der Waals surface area (Å²) >= 11 is 10.2. The topological polar surface area (TPSA) is 61.7 Å². The van der Waals surface area contributed by atoms with E-state index in [0.29, 0.717) is 30.3 Å². The van der Waals surface area contributed by atoms with Crippen LogP contribution in [-0.2, 0) is 18.0 Å². The Balaban J connectivity index is 1.65. The highest BCUT2D eigenvalue weighted by molar-refractivity contribution is 9.10. The lowest BCUT2D eigenvalue weighted by atomic mass is 9.84. The lowest BCUT2D eigenvalue weighted by Gasteiger charge is -2.36. The summed E-state index contributed by atoms with van der Waals surface area (Å²) in [5, 5.41) is 11.6. The number of hydrogen-bond donors (Lipinski definition) is 1. The average molecular weight is 424 g/mol. The Morgan fingerprint density at radius 1 is 1.28 bits per heavy atom. The number of piperazine rings is 1. The van der Waals surface area contributed by atoms with Gasteiger partial charge in [-0.2, -0.15) is 0 Å². The molecule has 2 fully saturated rings. The van der Waals surface area contributed by atoms with Crippen LogP contribution in [-0.4, -0.2) is 52.0 Å². The van der Waals surface area contributed by atoms with E-state index in [2.05, 4.69) is 35.6 Å². The van der Waals surface area contributed by atoms with E-state index in [0.717, 1.165) is 51.8 Å². The van der Waals surface area contributed by atoms with Gasteiger partial charge in [0, 0.05) is 29.6 Å². The third-order valence-corrected chi connectivity index (χ3v) is 7.16. The zero-order valence-corrected chi connectivity index (χ0v) is 16.1. The van der Waals surface area contributed by atoms with Crippen LogP contribution >= 0.6 is 27.5 Å². The first-order chi connectivity index (χ1) is 12.1. The fourth-order valence-electron chi connectivity index (χ4n) is 4.54. The normalized spacial score (nSPS) is 25.2. The van der Waals surface area contributed by atoms with Gasteiger partial charge < -0.3 is 19.5 Å². The minimum Gasteiger partial charge on any atom is -0.437 e. The Morgan fingerprint density at radius 2 is 2.08 bits per heavy atom. The Morgan fingerprint density at radius 3 is 2.80 bits per heavy atom. The molecule has 0 saturated carbocycles. The smallest absolute Gasteiger partial charge is 0.376 e. The van der Waals surface area contributed by atoms with Crippen LogP contribution in [0.15, 0.2) is 10.8 Å². The van der Waals surface area contributed by atoms with E-state index in [1.807, 2.05) is 6.82 Å². The number of anilines is 1. The molecular weight excluding hydrogens is 406 g/mol. The molecule has 3 aliphatic heterocycles. The summed E-state index contributed by atoms with van der Waals surface area (Å²) in [4.78, 5) is 13.6. The van der Waals surface area contributed by atoms with Gasteiger partial charge in [-0.25, -0.2) is 9.97 Å². The third-order valence-electron chi connectivity index (χ3n) is 5.69. The Kier molecular flexibility index (Phi) is 3.77. The minimum absolute atomic E-state index is 0.359. The predicted molar refractivity (Wildman–Crippen MR) is 101 cm³/mol. The Hall–Kier alpha value is -0.925. The van der Waals surface area contributed by atoms with Crippen molar-refractivity contribution in [3.8, 4) is 0 Å². The molecular formula is C16H17BBrClN4O2.